The average molecular weight is 275 g/mol. The number of nitrogens with two attached hydrogens (primary N) is 1. The fourth-order valence-corrected chi connectivity index (χ4v) is 2.38. The summed E-state index contributed by atoms with van der Waals surface area (Å²) in [5, 5.41) is 7.96. The topological polar surface area (TPSA) is 58.6 Å². The molecule has 0 spiro atoms. The molecule has 2 aromatic rings. The van der Waals surface area contributed by atoms with Gasteiger partial charge in [-0.1, -0.05) is 13.0 Å². The van der Waals surface area contributed by atoms with Gasteiger partial charge in [-0.3, -0.25) is 0 Å². The Morgan fingerprint density at radius 1 is 1.35 bits per heavy atom. The van der Waals surface area contributed by atoms with Crippen molar-refractivity contribution in [1.82, 2.24) is 14.5 Å². The Morgan fingerprint density at radius 2 is 2.10 bits per heavy atom. The number of aromatic nitrogens is 2. The van der Waals surface area contributed by atoms with E-state index in [4.69, 9.17) is 5.73 Å². The minimum atomic E-state index is 0.760. The van der Waals surface area contributed by atoms with E-state index in [-0.39, 0.29) is 0 Å². The molecule has 0 unspecified atom stereocenters. The van der Waals surface area contributed by atoms with Gasteiger partial charge in [0.05, 0.1) is 5.52 Å². The van der Waals surface area contributed by atoms with Crippen LogP contribution in [-0.4, -0.2) is 41.7 Å². The number of fused-ring (bicyclic) bond motifs is 1. The van der Waals surface area contributed by atoms with Gasteiger partial charge in [0.15, 0.2) is 5.82 Å². The van der Waals surface area contributed by atoms with Gasteiger partial charge in [-0.25, -0.2) is 4.52 Å². The molecule has 0 atom stereocenters. The van der Waals surface area contributed by atoms with E-state index in [2.05, 4.69) is 55.4 Å². The molecule has 110 valence electrons. The van der Waals surface area contributed by atoms with Crippen LogP contribution in [0, 0.1) is 6.92 Å². The molecule has 0 bridgehead atoms. The lowest BCUT2D eigenvalue weighted by molar-refractivity contribution is 0.405. The molecule has 0 saturated heterocycles. The molecule has 3 N–H and O–H groups in total. The SMILES string of the molecule is CCc1ccc(C)n2nc(NCCCN(C)C)c(N)c12. The Hall–Kier alpha value is -1.75. The van der Waals surface area contributed by atoms with Crippen molar-refractivity contribution in [3.63, 3.8) is 0 Å². The maximum absolute atomic E-state index is 6.27. The molecule has 0 aliphatic heterocycles. The van der Waals surface area contributed by atoms with Crippen LogP contribution in [0.15, 0.2) is 12.1 Å². The molecule has 5 nitrogen and oxygen atoms in total. The number of rotatable bonds is 6. The van der Waals surface area contributed by atoms with Crippen molar-refractivity contribution in [2.45, 2.75) is 26.7 Å². The Bertz CT molecular complexity index is 585. The first-order valence-corrected chi connectivity index (χ1v) is 7.20. The molecule has 0 aliphatic rings. The lowest BCUT2D eigenvalue weighted by atomic mass is 10.1. The van der Waals surface area contributed by atoms with Crippen LogP contribution in [0.3, 0.4) is 0 Å². The highest BCUT2D eigenvalue weighted by Crippen LogP contribution is 2.27. The largest absolute Gasteiger partial charge is 0.394 e. The summed E-state index contributed by atoms with van der Waals surface area (Å²) in [7, 11) is 4.16. The summed E-state index contributed by atoms with van der Waals surface area (Å²) in [5.41, 5.74) is 10.4. The standard InChI is InChI=1S/C15H25N5/c1-5-12-8-7-11(2)20-14(12)13(16)15(18-20)17-9-6-10-19(3)4/h7-8H,5-6,9-10,16H2,1-4H3,(H,17,18). The maximum Gasteiger partial charge on any atom is 0.172 e. The van der Waals surface area contributed by atoms with Crippen molar-refractivity contribution < 1.29 is 0 Å². The molecule has 0 aromatic carbocycles. The molecule has 5 heteroatoms. The predicted octanol–water partition coefficient (Wildman–Crippen LogP) is 2.15. The van der Waals surface area contributed by atoms with Gasteiger partial charge < -0.3 is 16.0 Å². The third kappa shape index (κ3) is 2.88. The van der Waals surface area contributed by atoms with Gasteiger partial charge in [0.1, 0.15) is 5.69 Å². The molecule has 0 aliphatic carbocycles. The zero-order valence-corrected chi connectivity index (χ0v) is 12.9. The second-order valence-electron chi connectivity index (χ2n) is 5.46. The maximum atomic E-state index is 6.27. The van der Waals surface area contributed by atoms with Crippen LogP contribution in [0.25, 0.3) is 5.52 Å². The quantitative estimate of drug-likeness (QED) is 0.793. The van der Waals surface area contributed by atoms with Crippen LogP contribution in [0.2, 0.25) is 0 Å². The van der Waals surface area contributed by atoms with E-state index in [1.54, 1.807) is 0 Å². The van der Waals surface area contributed by atoms with Crippen molar-refractivity contribution in [3.8, 4) is 0 Å². The smallest absolute Gasteiger partial charge is 0.172 e. The summed E-state index contributed by atoms with van der Waals surface area (Å²) in [6, 6.07) is 4.23. The molecule has 2 heterocycles. The molecule has 0 amide bonds. The van der Waals surface area contributed by atoms with Gasteiger partial charge in [-0.05, 0) is 52.0 Å². The van der Waals surface area contributed by atoms with E-state index in [1.807, 2.05) is 4.52 Å². The molecular formula is C15H25N5. The Balaban J connectivity index is 2.22. The van der Waals surface area contributed by atoms with Crippen molar-refractivity contribution in [3.05, 3.63) is 23.4 Å². The Morgan fingerprint density at radius 3 is 2.75 bits per heavy atom. The van der Waals surface area contributed by atoms with Crippen molar-refractivity contribution in [2.75, 3.05) is 38.2 Å². The minimum Gasteiger partial charge on any atom is -0.394 e. The third-order valence-corrected chi connectivity index (χ3v) is 3.54. The van der Waals surface area contributed by atoms with Crippen LogP contribution in [0.5, 0.6) is 0 Å². The number of anilines is 2. The highest BCUT2D eigenvalue weighted by Gasteiger charge is 2.13. The molecule has 2 rings (SSSR count). The average Bonchev–Trinajstić information content (AvgIpc) is 2.74. The van der Waals surface area contributed by atoms with Crippen molar-refractivity contribution >= 4 is 17.0 Å². The number of hydrogen-bond acceptors (Lipinski definition) is 4. The highest BCUT2D eigenvalue weighted by molar-refractivity contribution is 5.83. The van der Waals surface area contributed by atoms with Gasteiger partial charge in [-0.15, -0.1) is 5.10 Å². The Labute approximate surface area is 120 Å². The second-order valence-corrected chi connectivity index (χ2v) is 5.46. The van der Waals surface area contributed by atoms with E-state index >= 15 is 0 Å². The fraction of sp³-hybridized carbons (Fsp3) is 0.533. The second kappa shape index (κ2) is 6.13. The van der Waals surface area contributed by atoms with E-state index < -0.39 is 0 Å². The Kier molecular flexibility index (Phi) is 4.49. The summed E-state index contributed by atoms with van der Waals surface area (Å²) in [4.78, 5) is 2.17. The number of nitrogens with zero attached hydrogens (tertiary/aromatic N) is 3. The monoisotopic (exact) mass is 275 g/mol. The van der Waals surface area contributed by atoms with Gasteiger partial charge >= 0.3 is 0 Å². The zero-order chi connectivity index (χ0) is 14.7. The lowest BCUT2D eigenvalue weighted by Gasteiger charge is -2.09. The molecule has 0 fully saturated rings. The zero-order valence-electron chi connectivity index (χ0n) is 12.9. The van der Waals surface area contributed by atoms with E-state index in [0.717, 1.165) is 48.6 Å². The molecule has 0 radical (unpaired) electrons. The number of hydrogen-bond donors (Lipinski definition) is 2. The van der Waals surface area contributed by atoms with Crippen LogP contribution in [0.4, 0.5) is 11.5 Å². The normalized spacial score (nSPS) is 11.4. The first-order chi connectivity index (χ1) is 9.54. The van der Waals surface area contributed by atoms with Crippen LogP contribution < -0.4 is 11.1 Å². The summed E-state index contributed by atoms with van der Waals surface area (Å²) in [5.74, 6) is 0.799. The summed E-state index contributed by atoms with van der Waals surface area (Å²) < 4.78 is 1.95. The van der Waals surface area contributed by atoms with Crippen molar-refractivity contribution in [2.24, 2.45) is 0 Å². The predicted molar refractivity (Wildman–Crippen MR) is 85.4 cm³/mol. The number of nitrogens with one attached hydrogen (secondary N) is 1. The van der Waals surface area contributed by atoms with Gasteiger partial charge in [-0.2, -0.15) is 0 Å². The van der Waals surface area contributed by atoms with Gasteiger partial charge in [0.25, 0.3) is 0 Å². The molecule has 20 heavy (non-hydrogen) atoms. The van der Waals surface area contributed by atoms with Crippen LogP contribution in [-0.2, 0) is 6.42 Å². The number of pyridine rings is 1. The third-order valence-electron chi connectivity index (χ3n) is 3.54. The van der Waals surface area contributed by atoms with Gasteiger partial charge in [0.2, 0.25) is 0 Å². The van der Waals surface area contributed by atoms with E-state index in [0.29, 0.717) is 0 Å². The minimum absolute atomic E-state index is 0.760. The van der Waals surface area contributed by atoms with Crippen molar-refractivity contribution in [1.29, 1.82) is 0 Å². The number of nitrogen functional groups attached to an aromatic ring is 1. The lowest BCUT2D eigenvalue weighted by Crippen LogP contribution is -2.16. The van der Waals surface area contributed by atoms with Crippen LogP contribution in [0.1, 0.15) is 24.6 Å². The first-order valence-electron chi connectivity index (χ1n) is 7.20. The van der Waals surface area contributed by atoms with Gasteiger partial charge in [0, 0.05) is 12.2 Å². The van der Waals surface area contributed by atoms with E-state index in [9.17, 15) is 0 Å². The van der Waals surface area contributed by atoms with E-state index in [1.165, 1.54) is 5.56 Å². The first kappa shape index (κ1) is 14.7. The molecule has 0 saturated carbocycles. The summed E-state index contributed by atoms with van der Waals surface area (Å²) in [6.45, 7) is 6.13. The summed E-state index contributed by atoms with van der Waals surface area (Å²) >= 11 is 0. The number of aryl methyl sites for hydroxylation is 2. The summed E-state index contributed by atoms with van der Waals surface area (Å²) in [6.07, 6.45) is 2.03. The molecule has 2 aromatic heterocycles. The molecular weight excluding hydrogens is 250 g/mol. The highest BCUT2D eigenvalue weighted by atomic mass is 15.3. The fourth-order valence-electron chi connectivity index (χ4n) is 2.38. The van der Waals surface area contributed by atoms with Crippen LogP contribution >= 0.6 is 0 Å².